The molecular formula is C9H18BrN. The minimum absolute atomic E-state index is 0.823. The normalized spacial score (nSPS) is 33.0. The Morgan fingerprint density at radius 1 is 1.27 bits per heavy atom. The first-order valence-corrected chi connectivity index (χ1v) is 5.69. The van der Waals surface area contributed by atoms with Crippen molar-refractivity contribution >= 4 is 15.9 Å². The number of likely N-dealkylation sites (tertiary alicyclic amines) is 1. The van der Waals surface area contributed by atoms with Gasteiger partial charge < -0.3 is 0 Å². The van der Waals surface area contributed by atoms with Crippen LogP contribution in [0.1, 0.15) is 33.1 Å². The van der Waals surface area contributed by atoms with Gasteiger partial charge in [0, 0.05) is 17.4 Å². The Morgan fingerprint density at radius 3 is 2.27 bits per heavy atom. The SMILES string of the molecule is C[C@@H]1CC[C@@H](C)N1CCCBr. The third kappa shape index (κ3) is 2.45. The summed E-state index contributed by atoms with van der Waals surface area (Å²) in [6, 6.07) is 1.65. The number of hydrogen-bond acceptors (Lipinski definition) is 1. The molecule has 2 atom stereocenters. The molecule has 0 radical (unpaired) electrons. The Balaban J connectivity index is 2.29. The van der Waals surface area contributed by atoms with Gasteiger partial charge in [-0.3, -0.25) is 4.90 Å². The predicted octanol–water partition coefficient (Wildman–Crippen LogP) is 2.64. The maximum Gasteiger partial charge on any atom is 0.00703 e. The number of halogens is 1. The Kier molecular flexibility index (Phi) is 3.86. The van der Waals surface area contributed by atoms with Crippen LogP contribution >= 0.6 is 15.9 Å². The highest BCUT2D eigenvalue weighted by molar-refractivity contribution is 9.09. The molecule has 1 heterocycles. The van der Waals surface area contributed by atoms with Gasteiger partial charge in [0.05, 0.1) is 0 Å². The molecule has 0 N–H and O–H groups in total. The number of nitrogens with zero attached hydrogens (tertiary/aromatic N) is 1. The van der Waals surface area contributed by atoms with Gasteiger partial charge in [-0.25, -0.2) is 0 Å². The second-order valence-electron chi connectivity index (χ2n) is 3.56. The molecule has 0 aliphatic carbocycles. The molecule has 1 aliphatic rings. The van der Waals surface area contributed by atoms with Gasteiger partial charge in [-0.1, -0.05) is 15.9 Å². The van der Waals surface area contributed by atoms with Crippen molar-refractivity contribution in [3.63, 3.8) is 0 Å². The highest BCUT2D eigenvalue weighted by atomic mass is 79.9. The first-order chi connectivity index (χ1) is 5.25. The fraction of sp³-hybridized carbons (Fsp3) is 1.00. The summed E-state index contributed by atoms with van der Waals surface area (Å²) >= 11 is 3.47. The summed E-state index contributed by atoms with van der Waals surface area (Å²) in [6.45, 7) is 5.96. The number of rotatable bonds is 3. The quantitative estimate of drug-likeness (QED) is 0.661. The molecular weight excluding hydrogens is 202 g/mol. The van der Waals surface area contributed by atoms with E-state index >= 15 is 0 Å². The standard InChI is InChI=1S/C9H18BrN/c1-8-4-5-9(2)11(8)7-3-6-10/h8-9H,3-7H2,1-2H3/t8-,9-/m1/s1. The highest BCUT2D eigenvalue weighted by Crippen LogP contribution is 2.23. The Morgan fingerprint density at radius 2 is 1.82 bits per heavy atom. The highest BCUT2D eigenvalue weighted by Gasteiger charge is 2.25. The van der Waals surface area contributed by atoms with Gasteiger partial charge in [-0.2, -0.15) is 0 Å². The summed E-state index contributed by atoms with van der Waals surface area (Å²) in [7, 11) is 0. The molecule has 1 saturated heterocycles. The molecule has 2 heteroatoms. The summed E-state index contributed by atoms with van der Waals surface area (Å²) < 4.78 is 0. The summed E-state index contributed by atoms with van der Waals surface area (Å²) in [5, 5.41) is 1.14. The van der Waals surface area contributed by atoms with E-state index in [1.165, 1.54) is 25.8 Å². The molecule has 0 spiro atoms. The van der Waals surface area contributed by atoms with E-state index in [0.29, 0.717) is 0 Å². The average Bonchev–Trinajstić information content (AvgIpc) is 2.29. The monoisotopic (exact) mass is 219 g/mol. The lowest BCUT2D eigenvalue weighted by atomic mass is 10.2. The minimum Gasteiger partial charge on any atom is -0.298 e. The Bertz CT molecular complexity index is 106. The maximum atomic E-state index is 3.47. The van der Waals surface area contributed by atoms with Crippen molar-refractivity contribution < 1.29 is 0 Å². The molecule has 1 nitrogen and oxygen atoms in total. The molecule has 1 rings (SSSR count). The van der Waals surface area contributed by atoms with Crippen molar-refractivity contribution in [2.75, 3.05) is 11.9 Å². The van der Waals surface area contributed by atoms with Crippen LogP contribution in [0.3, 0.4) is 0 Å². The van der Waals surface area contributed by atoms with Gasteiger partial charge >= 0.3 is 0 Å². The van der Waals surface area contributed by atoms with Crippen LogP contribution in [0.5, 0.6) is 0 Å². The smallest absolute Gasteiger partial charge is 0.00703 e. The summed E-state index contributed by atoms with van der Waals surface area (Å²) in [4.78, 5) is 2.63. The van der Waals surface area contributed by atoms with Crippen molar-refractivity contribution in [1.82, 2.24) is 4.90 Å². The fourth-order valence-corrected chi connectivity index (χ4v) is 2.18. The molecule has 66 valence electrons. The third-order valence-electron chi connectivity index (χ3n) is 2.68. The van der Waals surface area contributed by atoms with Gasteiger partial charge in [0.1, 0.15) is 0 Å². The van der Waals surface area contributed by atoms with Crippen molar-refractivity contribution in [3.8, 4) is 0 Å². The van der Waals surface area contributed by atoms with E-state index in [1.54, 1.807) is 0 Å². The van der Waals surface area contributed by atoms with E-state index < -0.39 is 0 Å². The van der Waals surface area contributed by atoms with E-state index in [0.717, 1.165) is 17.4 Å². The van der Waals surface area contributed by atoms with E-state index in [1.807, 2.05) is 0 Å². The summed E-state index contributed by atoms with van der Waals surface area (Å²) in [5.74, 6) is 0. The van der Waals surface area contributed by atoms with Crippen molar-refractivity contribution in [1.29, 1.82) is 0 Å². The second kappa shape index (κ2) is 4.46. The van der Waals surface area contributed by atoms with Crippen molar-refractivity contribution in [3.05, 3.63) is 0 Å². The van der Waals surface area contributed by atoms with Gasteiger partial charge in [-0.15, -0.1) is 0 Å². The van der Waals surface area contributed by atoms with Crippen LogP contribution < -0.4 is 0 Å². The average molecular weight is 220 g/mol. The Hall–Kier alpha value is 0.440. The van der Waals surface area contributed by atoms with Crippen LogP contribution in [0.2, 0.25) is 0 Å². The molecule has 1 fully saturated rings. The largest absolute Gasteiger partial charge is 0.298 e. The lowest BCUT2D eigenvalue weighted by Crippen LogP contribution is -2.33. The van der Waals surface area contributed by atoms with Crippen LogP contribution in [0, 0.1) is 0 Å². The predicted molar refractivity (Wildman–Crippen MR) is 53.3 cm³/mol. The van der Waals surface area contributed by atoms with Crippen molar-refractivity contribution in [2.45, 2.75) is 45.2 Å². The van der Waals surface area contributed by atoms with Crippen LogP contribution in [-0.4, -0.2) is 28.9 Å². The van der Waals surface area contributed by atoms with Gasteiger partial charge in [0.25, 0.3) is 0 Å². The molecule has 11 heavy (non-hydrogen) atoms. The lowest BCUT2D eigenvalue weighted by molar-refractivity contribution is 0.215. The third-order valence-corrected chi connectivity index (χ3v) is 3.25. The van der Waals surface area contributed by atoms with Gasteiger partial charge in [-0.05, 0) is 39.7 Å². The molecule has 0 aromatic heterocycles. The van der Waals surface area contributed by atoms with Crippen molar-refractivity contribution in [2.24, 2.45) is 0 Å². The first-order valence-electron chi connectivity index (χ1n) is 4.57. The fourth-order valence-electron chi connectivity index (χ4n) is 1.93. The molecule has 0 unspecified atom stereocenters. The van der Waals surface area contributed by atoms with Crippen LogP contribution in [-0.2, 0) is 0 Å². The molecule has 1 aliphatic heterocycles. The molecule has 0 bridgehead atoms. The molecule has 0 aromatic carbocycles. The van der Waals surface area contributed by atoms with E-state index in [4.69, 9.17) is 0 Å². The summed E-state index contributed by atoms with van der Waals surface area (Å²) in [6.07, 6.45) is 4.07. The topological polar surface area (TPSA) is 3.24 Å². The summed E-state index contributed by atoms with van der Waals surface area (Å²) in [5.41, 5.74) is 0. The first kappa shape index (κ1) is 9.53. The van der Waals surface area contributed by atoms with Gasteiger partial charge in [0.15, 0.2) is 0 Å². The maximum absolute atomic E-state index is 3.47. The molecule has 0 saturated carbocycles. The van der Waals surface area contributed by atoms with E-state index in [9.17, 15) is 0 Å². The minimum atomic E-state index is 0.823. The zero-order valence-corrected chi connectivity index (χ0v) is 9.10. The van der Waals surface area contributed by atoms with E-state index in [-0.39, 0.29) is 0 Å². The number of hydrogen-bond donors (Lipinski definition) is 0. The number of alkyl halides is 1. The van der Waals surface area contributed by atoms with Crippen LogP contribution in [0.15, 0.2) is 0 Å². The zero-order valence-electron chi connectivity index (χ0n) is 7.52. The Labute approximate surface area is 78.3 Å². The molecule has 0 amide bonds. The van der Waals surface area contributed by atoms with Crippen LogP contribution in [0.25, 0.3) is 0 Å². The zero-order chi connectivity index (χ0) is 8.27. The molecule has 0 aromatic rings. The van der Waals surface area contributed by atoms with E-state index in [2.05, 4.69) is 34.7 Å². The lowest BCUT2D eigenvalue weighted by Gasteiger charge is -2.25. The second-order valence-corrected chi connectivity index (χ2v) is 4.35. The van der Waals surface area contributed by atoms with Crippen LogP contribution in [0.4, 0.5) is 0 Å². The van der Waals surface area contributed by atoms with Gasteiger partial charge in [0.2, 0.25) is 0 Å².